The number of carboxylic acid groups (broad SMARTS) is 1. The number of aromatic nitrogens is 1. The van der Waals surface area contributed by atoms with E-state index in [0.29, 0.717) is 36.1 Å². The average Bonchev–Trinajstić information content (AvgIpc) is 3.29. The fraction of sp³-hybridized carbons (Fsp3) is 0.355. The van der Waals surface area contributed by atoms with E-state index < -0.39 is 31.2 Å². The first-order valence-corrected chi connectivity index (χ1v) is 16.6. The summed E-state index contributed by atoms with van der Waals surface area (Å²) in [6.45, 7) is 3.76. The first kappa shape index (κ1) is 29.3. The van der Waals surface area contributed by atoms with E-state index in [2.05, 4.69) is 4.98 Å². The average molecular weight is 590 g/mol. The molecule has 4 amide bonds. The third-order valence-corrected chi connectivity index (χ3v) is 9.35. The van der Waals surface area contributed by atoms with Crippen molar-refractivity contribution in [2.45, 2.75) is 43.9 Å². The van der Waals surface area contributed by atoms with E-state index in [1.165, 1.54) is 9.80 Å². The van der Waals surface area contributed by atoms with Gasteiger partial charge >= 0.3 is 18.0 Å². The van der Waals surface area contributed by atoms with Crippen LogP contribution in [-0.4, -0.2) is 87.9 Å². The maximum atomic E-state index is 14.3. The lowest BCUT2D eigenvalue weighted by molar-refractivity contribution is -0.143. The van der Waals surface area contributed by atoms with Gasteiger partial charge in [0, 0.05) is 32.4 Å². The molecule has 11 heteroatoms. The molecule has 0 spiro atoms. The number of benzene rings is 2. The molecule has 1 N–H and O–H groups in total. The van der Waals surface area contributed by atoms with Gasteiger partial charge in [0.05, 0.1) is 22.9 Å². The second-order valence-corrected chi connectivity index (χ2v) is 14.4. The van der Waals surface area contributed by atoms with E-state index in [9.17, 15) is 24.1 Å². The molecule has 2 aliphatic heterocycles. The van der Waals surface area contributed by atoms with E-state index >= 15 is 0 Å². The molecule has 1 aromatic heterocycles. The number of urea groups is 2. The van der Waals surface area contributed by atoms with Crippen molar-refractivity contribution in [3.05, 3.63) is 84.6 Å². The van der Waals surface area contributed by atoms with Crippen LogP contribution in [0, 0.1) is 0 Å². The highest BCUT2D eigenvalue weighted by Gasteiger charge is 2.51. The topological polar surface area (TPSA) is 114 Å². The number of pyridine rings is 1. The number of carbonyl (C=O) groups excluding carboxylic acids is 2. The first-order valence-electron chi connectivity index (χ1n) is 14.0. The van der Waals surface area contributed by atoms with Crippen LogP contribution >= 0.6 is 7.14 Å². The predicted molar refractivity (Wildman–Crippen MR) is 162 cm³/mol. The van der Waals surface area contributed by atoms with Crippen molar-refractivity contribution in [2.24, 2.45) is 0 Å². The van der Waals surface area contributed by atoms with Crippen molar-refractivity contribution in [1.82, 2.24) is 19.7 Å². The molecule has 0 saturated carbocycles. The number of hydrogen-bond donors (Lipinski definition) is 1. The Morgan fingerprint density at radius 2 is 1.55 bits per heavy atom. The van der Waals surface area contributed by atoms with Crippen LogP contribution in [0.15, 0.2) is 79.0 Å². The summed E-state index contributed by atoms with van der Waals surface area (Å²) < 4.78 is 12.5. The number of anilines is 2. The summed E-state index contributed by atoms with van der Waals surface area (Å²) in [7, 11) is -0.898. The maximum absolute atomic E-state index is 14.3. The third-order valence-electron chi connectivity index (χ3n) is 8.00. The number of nitrogens with zero attached hydrogens (tertiary/aromatic N) is 5. The molecular formula is C31H36N5O5P. The van der Waals surface area contributed by atoms with Crippen LogP contribution in [0.25, 0.3) is 0 Å². The molecule has 3 aromatic rings. The van der Waals surface area contributed by atoms with Gasteiger partial charge in [-0.15, -0.1) is 0 Å². The van der Waals surface area contributed by atoms with Gasteiger partial charge in [0.2, 0.25) is 0 Å². The number of amides is 4. The van der Waals surface area contributed by atoms with Crippen LogP contribution in [0.3, 0.4) is 0 Å². The van der Waals surface area contributed by atoms with Gasteiger partial charge in [-0.1, -0.05) is 36.4 Å². The number of carbonyl (C=O) groups is 3. The minimum atomic E-state index is -2.57. The molecule has 220 valence electrons. The minimum absolute atomic E-state index is 0.189. The van der Waals surface area contributed by atoms with E-state index in [1.54, 1.807) is 48.5 Å². The van der Waals surface area contributed by atoms with Gasteiger partial charge < -0.3 is 24.4 Å². The fourth-order valence-electron chi connectivity index (χ4n) is 6.00. The van der Waals surface area contributed by atoms with Crippen LogP contribution < -0.4 is 10.3 Å². The van der Waals surface area contributed by atoms with E-state index in [1.807, 2.05) is 60.7 Å². The fourth-order valence-corrected chi connectivity index (χ4v) is 6.82. The molecule has 2 aromatic carbocycles. The summed E-state index contributed by atoms with van der Waals surface area (Å²) in [5, 5.41) is 10.5. The Labute approximate surface area is 245 Å². The van der Waals surface area contributed by atoms with Gasteiger partial charge in [-0.3, -0.25) is 9.88 Å². The zero-order valence-corrected chi connectivity index (χ0v) is 24.9. The highest BCUT2D eigenvalue weighted by atomic mass is 31.2. The van der Waals surface area contributed by atoms with E-state index in [-0.39, 0.29) is 25.2 Å². The van der Waals surface area contributed by atoms with Crippen molar-refractivity contribution in [1.29, 1.82) is 0 Å². The lowest BCUT2D eigenvalue weighted by Gasteiger charge is -2.38. The molecule has 42 heavy (non-hydrogen) atoms. The summed E-state index contributed by atoms with van der Waals surface area (Å²) >= 11 is 0. The second-order valence-electron chi connectivity index (χ2n) is 11.3. The molecule has 2 saturated heterocycles. The number of rotatable bonds is 6. The van der Waals surface area contributed by atoms with Crippen LogP contribution in [0.5, 0.6) is 0 Å². The lowest BCUT2D eigenvalue weighted by atomic mass is 10.0. The summed E-state index contributed by atoms with van der Waals surface area (Å²) in [6, 6.07) is 19.0. The smallest absolute Gasteiger partial charge is 0.329 e. The Morgan fingerprint density at radius 1 is 0.929 bits per heavy atom. The minimum Gasteiger partial charge on any atom is -0.480 e. The lowest BCUT2D eigenvalue weighted by Crippen LogP contribution is -2.58. The summed E-state index contributed by atoms with van der Waals surface area (Å²) in [5.41, 5.74) is 2.53. The molecule has 0 radical (unpaired) electrons. The van der Waals surface area contributed by atoms with Gasteiger partial charge in [-0.25, -0.2) is 14.4 Å². The molecule has 3 heterocycles. The number of aliphatic carboxylic acids is 1. The number of hydrogen-bond acceptors (Lipinski definition) is 5. The molecule has 10 nitrogen and oxygen atoms in total. The number of fused-ring (bicyclic) bond motifs is 2. The van der Waals surface area contributed by atoms with Crippen LogP contribution in [-0.2, 0) is 15.9 Å². The highest BCUT2D eigenvalue weighted by molar-refractivity contribution is 7.69. The normalized spacial score (nSPS) is 20.1. The van der Waals surface area contributed by atoms with E-state index in [4.69, 9.17) is 0 Å². The molecule has 2 fully saturated rings. The summed E-state index contributed by atoms with van der Waals surface area (Å²) in [4.78, 5) is 51.4. The number of para-hydroxylation sites is 2. The van der Waals surface area contributed by atoms with Gasteiger partial charge in [-0.2, -0.15) is 0 Å². The number of carboxylic acids is 1. The van der Waals surface area contributed by atoms with E-state index in [0.717, 1.165) is 5.56 Å². The van der Waals surface area contributed by atoms with Crippen molar-refractivity contribution >= 4 is 42.0 Å². The first-order chi connectivity index (χ1) is 20.1. The predicted octanol–water partition coefficient (Wildman–Crippen LogP) is 4.83. The van der Waals surface area contributed by atoms with Gasteiger partial charge in [-0.05, 0) is 74.6 Å². The molecule has 3 atom stereocenters. The van der Waals surface area contributed by atoms with Gasteiger partial charge in [0.25, 0.3) is 0 Å². The quantitative estimate of drug-likeness (QED) is 0.412. The van der Waals surface area contributed by atoms with Crippen LogP contribution in [0.2, 0.25) is 0 Å². The van der Waals surface area contributed by atoms with Crippen molar-refractivity contribution in [2.75, 3.05) is 31.8 Å². The van der Waals surface area contributed by atoms with Crippen LogP contribution in [0.4, 0.5) is 21.0 Å². The number of likely N-dealkylation sites (tertiary alicyclic amines) is 1. The molecule has 0 aliphatic carbocycles. The SMILES string of the molecule is CN(Cc1ccnc(P(C)(C)=O)c1)C(=O)N1C2CC[C@@H]1[C@@H](C(=O)O)N(C(=O)N(c1ccccc1)c1ccccc1)CC2. The standard InChI is InChI=1S/C31H36N5O5P/c1-33(21-22-16-18-32-27(20-22)42(2,3)41)30(39)36-25-14-15-26(36)28(29(37)38)34(19-17-25)31(40)35(23-10-6-4-7-11-23)24-12-8-5-9-13-24/h4-13,16,18,20,25-26,28H,14-15,17,19,21H2,1-3H3,(H,37,38)/t25?,26-,28+/m1/s1. The Morgan fingerprint density at radius 3 is 2.12 bits per heavy atom. The zero-order valence-electron chi connectivity index (χ0n) is 24.0. The maximum Gasteiger partial charge on any atom is 0.329 e. The van der Waals surface area contributed by atoms with Gasteiger partial charge in [0.15, 0.2) is 6.04 Å². The van der Waals surface area contributed by atoms with Crippen molar-refractivity contribution < 1.29 is 24.1 Å². The summed E-state index contributed by atoms with van der Waals surface area (Å²) in [5.74, 6) is -1.14. The van der Waals surface area contributed by atoms with Gasteiger partial charge in [0.1, 0.15) is 7.14 Å². The molecule has 1 unspecified atom stereocenters. The molecule has 2 bridgehead atoms. The Kier molecular flexibility index (Phi) is 8.36. The Bertz CT molecular complexity index is 1460. The molecular weight excluding hydrogens is 553 g/mol. The molecule has 5 rings (SSSR count). The third kappa shape index (κ3) is 5.90. The second kappa shape index (κ2) is 12.0. The Balaban J connectivity index is 1.43. The highest BCUT2D eigenvalue weighted by Crippen LogP contribution is 2.37. The zero-order chi connectivity index (χ0) is 30.0. The van der Waals surface area contributed by atoms with Crippen molar-refractivity contribution in [3.8, 4) is 0 Å². The van der Waals surface area contributed by atoms with Crippen molar-refractivity contribution in [3.63, 3.8) is 0 Å². The summed E-state index contributed by atoms with van der Waals surface area (Å²) in [6.07, 6.45) is 3.21. The Hall–Kier alpha value is -4.17. The largest absolute Gasteiger partial charge is 0.480 e. The van der Waals surface area contributed by atoms with Crippen LogP contribution in [0.1, 0.15) is 24.8 Å². The molecule has 2 aliphatic rings. The monoisotopic (exact) mass is 589 g/mol.